The van der Waals surface area contributed by atoms with Gasteiger partial charge in [0.1, 0.15) is 11.4 Å². The molecule has 1 rings (SSSR count). The second kappa shape index (κ2) is 5.90. The van der Waals surface area contributed by atoms with Crippen LogP contribution in [0.2, 0.25) is 0 Å². The van der Waals surface area contributed by atoms with Crippen LogP contribution in [-0.2, 0) is 16.0 Å². The molecule has 0 fully saturated rings. The quantitative estimate of drug-likeness (QED) is 0.869. The highest BCUT2D eigenvalue weighted by molar-refractivity contribution is 9.10. The van der Waals surface area contributed by atoms with Gasteiger partial charge in [0, 0.05) is 5.56 Å². The van der Waals surface area contributed by atoms with E-state index in [-0.39, 0.29) is 28.8 Å². The molecule has 0 atom stereocenters. The standard InChI is InChI=1S/C10H10BrF2NO3/c1-2-17-7(16)3-5-6(15)4-14-9(8(5)11)10(12)13/h4,10,15H,2-3H2,1H3. The summed E-state index contributed by atoms with van der Waals surface area (Å²) in [5.74, 6) is -0.927. The number of carbonyl (C=O) groups is 1. The predicted octanol–water partition coefficient (Wildman–Crippen LogP) is 2.59. The zero-order chi connectivity index (χ0) is 13.0. The van der Waals surface area contributed by atoms with Crippen LogP contribution in [0.4, 0.5) is 8.78 Å². The van der Waals surface area contributed by atoms with Crippen LogP contribution >= 0.6 is 15.9 Å². The fourth-order valence-corrected chi connectivity index (χ4v) is 1.83. The molecule has 0 aliphatic carbocycles. The van der Waals surface area contributed by atoms with E-state index in [0.717, 1.165) is 6.20 Å². The maximum absolute atomic E-state index is 12.5. The molecule has 1 aromatic heterocycles. The smallest absolute Gasteiger partial charge is 0.310 e. The molecule has 1 N–H and O–H groups in total. The summed E-state index contributed by atoms with van der Waals surface area (Å²) in [6, 6.07) is 0. The Hall–Kier alpha value is -1.24. The first-order valence-corrected chi connectivity index (χ1v) is 5.56. The number of esters is 1. The summed E-state index contributed by atoms with van der Waals surface area (Å²) < 4.78 is 29.7. The molecule has 0 aliphatic heterocycles. The van der Waals surface area contributed by atoms with Crippen LogP contribution < -0.4 is 0 Å². The minimum Gasteiger partial charge on any atom is -0.506 e. The third kappa shape index (κ3) is 3.36. The van der Waals surface area contributed by atoms with Crippen molar-refractivity contribution in [3.05, 3.63) is 21.9 Å². The average Bonchev–Trinajstić information content (AvgIpc) is 2.24. The maximum Gasteiger partial charge on any atom is 0.310 e. The molecule has 0 aromatic carbocycles. The number of hydrogen-bond acceptors (Lipinski definition) is 4. The first-order valence-electron chi connectivity index (χ1n) is 4.77. The summed E-state index contributed by atoms with van der Waals surface area (Å²) in [5.41, 5.74) is -0.462. The summed E-state index contributed by atoms with van der Waals surface area (Å²) in [5, 5.41) is 9.47. The number of alkyl halides is 2. The molecule has 7 heteroatoms. The minimum absolute atomic E-state index is 0.0498. The lowest BCUT2D eigenvalue weighted by Gasteiger charge is -2.10. The highest BCUT2D eigenvalue weighted by atomic mass is 79.9. The van der Waals surface area contributed by atoms with Crippen LogP contribution in [0, 0.1) is 0 Å². The van der Waals surface area contributed by atoms with E-state index in [1.54, 1.807) is 6.92 Å². The Labute approximate surface area is 105 Å². The third-order valence-electron chi connectivity index (χ3n) is 1.96. The van der Waals surface area contributed by atoms with E-state index >= 15 is 0 Å². The van der Waals surface area contributed by atoms with Gasteiger partial charge in [-0.05, 0) is 22.9 Å². The van der Waals surface area contributed by atoms with Crippen molar-refractivity contribution in [1.82, 2.24) is 4.98 Å². The molecule has 0 radical (unpaired) electrons. The Morgan fingerprint density at radius 3 is 2.82 bits per heavy atom. The molecular weight excluding hydrogens is 300 g/mol. The fraction of sp³-hybridized carbons (Fsp3) is 0.400. The van der Waals surface area contributed by atoms with Crippen molar-refractivity contribution in [3.8, 4) is 5.75 Å². The van der Waals surface area contributed by atoms with Gasteiger partial charge in [-0.2, -0.15) is 0 Å². The number of aromatic hydroxyl groups is 1. The molecule has 0 saturated heterocycles. The number of hydrogen-bond donors (Lipinski definition) is 1. The Morgan fingerprint density at radius 1 is 1.65 bits per heavy atom. The van der Waals surface area contributed by atoms with Gasteiger partial charge in [0.15, 0.2) is 0 Å². The van der Waals surface area contributed by atoms with Gasteiger partial charge in [0.2, 0.25) is 0 Å². The summed E-state index contributed by atoms with van der Waals surface area (Å²) in [6.45, 7) is 1.81. The van der Waals surface area contributed by atoms with Crippen molar-refractivity contribution >= 4 is 21.9 Å². The molecule has 1 heterocycles. The lowest BCUT2D eigenvalue weighted by Crippen LogP contribution is -2.09. The van der Waals surface area contributed by atoms with Gasteiger partial charge in [-0.1, -0.05) is 0 Å². The van der Waals surface area contributed by atoms with Gasteiger partial charge in [-0.3, -0.25) is 9.78 Å². The van der Waals surface area contributed by atoms with Gasteiger partial charge in [-0.25, -0.2) is 8.78 Å². The number of aromatic nitrogens is 1. The van der Waals surface area contributed by atoms with Gasteiger partial charge in [0.25, 0.3) is 6.43 Å². The van der Waals surface area contributed by atoms with E-state index in [2.05, 4.69) is 25.7 Å². The Balaban J connectivity index is 3.05. The van der Waals surface area contributed by atoms with Crippen molar-refractivity contribution in [2.45, 2.75) is 19.8 Å². The molecule has 94 valence electrons. The van der Waals surface area contributed by atoms with E-state index in [4.69, 9.17) is 0 Å². The molecule has 0 amide bonds. The van der Waals surface area contributed by atoms with Crippen LogP contribution in [0.1, 0.15) is 24.6 Å². The number of carbonyl (C=O) groups excluding carboxylic acids is 1. The highest BCUT2D eigenvalue weighted by Crippen LogP contribution is 2.33. The molecule has 0 spiro atoms. The van der Waals surface area contributed by atoms with Crippen LogP contribution in [0.3, 0.4) is 0 Å². The van der Waals surface area contributed by atoms with Gasteiger partial charge < -0.3 is 9.84 Å². The van der Waals surface area contributed by atoms with Crippen molar-refractivity contribution < 1.29 is 23.4 Å². The summed E-state index contributed by atoms with van der Waals surface area (Å²) in [6.07, 6.45) is -2.19. The molecule has 0 aliphatic rings. The molecule has 17 heavy (non-hydrogen) atoms. The van der Waals surface area contributed by atoms with Crippen LogP contribution in [0.15, 0.2) is 10.7 Å². The molecule has 1 aromatic rings. The largest absolute Gasteiger partial charge is 0.506 e. The first-order chi connectivity index (χ1) is 7.97. The zero-order valence-electron chi connectivity index (χ0n) is 8.91. The van der Waals surface area contributed by atoms with Crippen molar-refractivity contribution in [2.24, 2.45) is 0 Å². The molecule has 0 bridgehead atoms. The van der Waals surface area contributed by atoms with Gasteiger partial charge in [-0.15, -0.1) is 0 Å². The SMILES string of the molecule is CCOC(=O)Cc1c(O)cnc(C(F)F)c1Br. The van der Waals surface area contributed by atoms with Crippen molar-refractivity contribution in [1.29, 1.82) is 0 Å². The van der Waals surface area contributed by atoms with Crippen LogP contribution in [-0.4, -0.2) is 22.7 Å². The summed E-state index contributed by atoms with van der Waals surface area (Å²) in [4.78, 5) is 14.6. The zero-order valence-corrected chi connectivity index (χ0v) is 10.5. The number of nitrogens with zero attached hydrogens (tertiary/aromatic N) is 1. The van der Waals surface area contributed by atoms with Crippen molar-refractivity contribution in [2.75, 3.05) is 6.61 Å². The maximum atomic E-state index is 12.5. The lowest BCUT2D eigenvalue weighted by atomic mass is 10.1. The Morgan fingerprint density at radius 2 is 2.29 bits per heavy atom. The number of ether oxygens (including phenoxy) is 1. The van der Waals surface area contributed by atoms with Crippen LogP contribution in [0.25, 0.3) is 0 Å². The van der Waals surface area contributed by atoms with Crippen molar-refractivity contribution in [3.63, 3.8) is 0 Å². The summed E-state index contributed by atoms with van der Waals surface area (Å²) >= 11 is 2.90. The number of rotatable bonds is 4. The van der Waals surface area contributed by atoms with E-state index in [9.17, 15) is 18.7 Å². The van der Waals surface area contributed by atoms with Gasteiger partial charge in [0.05, 0.1) is 23.7 Å². The average molecular weight is 310 g/mol. The molecule has 0 unspecified atom stereocenters. The second-order valence-corrected chi connectivity index (χ2v) is 3.90. The van der Waals surface area contributed by atoms with E-state index in [0.29, 0.717) is 0 Å². The van der Waals surface area contributed by atoms with E-state index in [1.165, 1.54) is 0 Å². The monoisotopic (exact) mass is 309 g/mol. The molecular formula is C10H10BrF2NO3. The Bertz CT molecular complexity index is 426. The van der Waals surface area contributed by atoms with E-state index < -0.39 is 18.1 Å². The Kier molecular flexibility index (Phi) is 4.80. The normalized spacial score (nSPS) is 10.6. The first kappa shape index (κ1) is 13.8. The third-order valence-corrected chi connectivity index (χ3v) is 2.84. The minimum atomic E-state index is -2.79. The summed E-state index contributed by atoms with van der Waals surface area (Å²) in [7, 11) is 0. The van der Waals surface area contributed by atoms with Crippen LogP contribution in [0.5, 0.6) is 5.75 Å². The molecule has 0 saturated carbocycles. The van der Waals surface area contributed by atoms with Gasteiger partial charge >= 0.3 is 5.97 Å². The topological polar surface area (TPSA) is 59.4 Å². The molecule has 4 nitrogen and oxygen atoms in total. The number of halogens is 3. The second-order valence-electron chi connectivity index (χ2n) is 3.10. The number of pyridine rings is 1. The fourth-order valence-electron chi connectivity index (χ4n) is 1.21. The highest BCUT2D eigenvalue weighted by Gasteiger charge is 2.21. The lowest BCUT2D eigenvalue weighted by molar-refractivity contribution is -0.142. The predicted molar refractivity (Wildman–Crippen MR) is 58.9 cm³/mol. The van der Waals surface area contributed by atoms with E-state index in [1.807, 2.05) is 0 Å².